The Morgan fingerprint density at radius 3 is 2.35 bits per heavy atom. The maximum atomic E-state index is 11.5. The third kappa shape index (κ3) is 10.5. The van der Waals surface area contributed by atoms with Crippen molar-refractivity contribution in [1.82, 2.24) is 0 Å². The molecule has 0 bridgehead atoms. The van der Waals surface area contributed by atoms with E-state index in [1.54, 1.807) is 6.92 Å². The summed E-state index contributed by atoms with van der Waals surface area (Å²) in [6.45, 7) is 7.34. The third-order valence-electron chi connectivity index (χ3n) is 3.11. The summed E-state index contributed by atoms with van der Waals surface area (Å²) in [5.41, 5.74) is 0. The fourth-order valence-electron chi connectivity index (χ4n) is 1.91. The average Bonchev–Trinajstić information content (AvgIpc) is 2.40. The standard InChI is InChI=1S/C17H28O3/c1-4-6-7-8-9-10-11-12-13-16(15(3)18)14-17(19)20-5-2/h4,12-13,16H,1,5-11,14H2,2-3H3/b13-12+. The number of unbranched alkanes of at least 4 members (excludes halogenated alkanes) is 5. The molecule has 0 rings (SSSR count). The molecule has 0 aromatic carbocycles. The fraction of sp³-hybridized carbons (Fsp3) is 0.647. The van der Waals surface area contributed by atoms with Gasteiger partial charge in [0.05, 0.1) is 13.0 Å². The van der Waals surface area contributed by atoms with Crippen molar-refractivity contribution in [2.75, 3.05) is 6.61 Å². The second-order valence-corrected chi connectivity index (χ2v) is 4.93. The van der Waals surface area contributed by atoms with E-state index < -0.39 is 0 Å². The molecule has 20 heavy (non-hydrogen) atoms. The maximum absolute atomic E-state index is 11.5. The molecule has 0 heterocycles. The van der Waals surface area contributed by atoms with Gasteiger partial charge in [0.1, 0.15) is 5.78 Å². The van der Waals surface area contributed by atoms with Gasteiger partial charge in [-0.3, -0.25) is 9.59 Å². The average molecular weight is 280 g/mol. The smallest absolute Gasteiger partial charge is 0.306 e. The van der Waals surface area contributed by atoms with Crippen molar-refractivity contribution in [3.63, 3.8) is 0 Å². The highest BCUT2D eigenvalue weighted by Gasteiger charge is 2.15. The topological polar surface area (TPSA) is 43.4 Å². The van der Waals surface area contributed by atoms with Crippen molar-refractivity contribution < 1.29 is 14.3 Å². The number of hydrogen-bond donors (Lipinski definition) is 0. The molecule has 0 aliphatic carbocycles. The molecule has 0 N–H and O–H groups in total. The summed E-state index contributed by atoms with van der Waals surface area (Å²) < 4.78 is 4.87. The normalized spacial score (nSPS) is 12.3. The predicted molar refractivity (Wildman–Crippen MR) is 82.5 cm³/mol. The van der Waals surface area contributed by atoms with Crippen molar-refractivity contribution in [1.29, 1.82) is 0 Å². The van der Waals surface area contributed by atoms with E-state index in [1.165, 1.54) is 26.2 Å². The molecule has 0 radical (unpaired) electrons. The van der Waals surface area contributed by atoms with Crippen LogP contribution in [-0.2, 0) is 14.3 Å². The van der Waals surface area contributed by atoms with Crippen LogP contribution in [0.5, 0.6) is 0 Å². The van der Waals surface area contributed by atoms with Crippen LogP contribution < -0.4 is 0 Å². The van der Waals surface area contributed by atoms with Gasteiger partial charge in [0, 0.05) is 5.92 Å². The van der Waals surface area contributed by atoms with Crippen LogP contribution in [0.25, 0.3) is 0 Å². The molecule has 1 atom stereocenters. The molecule has 3 heteroatoms. The van der Waals surface area contributed by atoms with Gasteiger partial charge < -0.3 is 4.74 Å². The quantitative estimate of drug-likeness (QED) is 0.305. The molecule has 0 saturated heterocycles. The lowest BCUT2D eigenvalue weighted by Gasteiger charge is -2.08. The molecule has 3 nitrogen and oxygen atoms in total. The molecule has 1 unspecified atom stereocenters. The van der Waals surface area contributed by atoms with Crippen LogP contribution in [0.1, 0.15) is 58.8 Å². The summed E-state index contributed by atoms with van der Waals surface area (Å²) in [6.07, 6.45) is 12.7. The molecular formula is C17H28O3. The highest BCUT2D eigenvalue weighted by Crippen LogP contribution is 2.11. The zero-order valence-electron chi connectivity index (χ0n) is 12.9. The van der Waals surface area contributed by atoms with Crippen LogP contribution in [-0.4, -0.2) is 18.4 Å². The zero-order valence-corrected chi connectivity index (χ0v) is 12.9. The molecule has 0 saturated carbocycles. The largest absolute Gasteiger partial charge is 0.466 e. The van der Waals surface area contributed by atoms with Crippen molar-refractivity contribution in [2.24, 2.45) is 5.92 Å². The van der Waals surface area contributed by atoms with Gasteiger partial charge in [-0.2, -0.15) is 0 Å². The number of ketones is 1. The Hall–Kier alpha value is -1.38. The van der Waals surface area contributed by atoms with Crippen LogP contribution in [0.3, 0.4) is 0 Å². The van der Waals surface area contributed by atoms with Crippen LogP contribution in [0.4, 0.5) is 0 Å². The summed E-state index contributed by atoms with van der Waals surface area (Å²) in [6, 6.07) is 0. The first-order chi connectivity index (χ1) is 9.61. The number of carbonyl (C=O) groups is 2. The van der Waals surface area contributed by atoms with Crippen molar-refractivity contribution in [2.45, 2.75) is 58.8 Å². The van der Waals surface area contributed by atoms with E-state index in [1.807, 2.05) is 18.2 Å². The Kier molecular flexibility index (Phi) is 11.8. The van der Waals surface area contributed by atoms with E-state index in [-0.39, 0.29) is 24.1 Å². The Balaban J connectivity index is 3.88. The summed E-state index contributed by atoms with van der Waals surface area (Å²) >= 11 is 0. The number of esters is 1. The first-order valence-corrected chi connectivity index (χ1v) is 7.55. The van der Waals surface area contributed by atoms with Crippen LogP contribution in [0.2, 0.25) is 0 Å². The van der Waals surface area contributed by atoms with E-state index >= 15 is 0 Å². The summed E-state index contributed by atoms with van der Waals surface area (Å²) in [5.74, 6) is -0.628. The number of rotatable bonds is 12. The first kappa shape index (κ1) is 18.6. The fourth-order valence-corrected chi connectivity index (χ4v) is 1.91. The first-order valence-electron chi connectivity index (χ1n) is 7.55. The lowest BCUT2D eigenvalue weighted by molar-refractivity contribution is -0.145. The van der Waals surface area contributed by atoms with Gasteiger partial charge in [0.2, 0.25) is 0 Å². The Morgan fingerprint density at radius 1 is 1.15 bits per heavy atom. The Labute approximate surface area is 123 Å². The van der Waals surface area contributed by atoms with Gasteiger partial charge in [-0.25, -0.2) is 0 Å². The van der Waals surface area contributed by atoms with Gasteiger partial charge >= 0.3 is 5.97 Å². The zero-order chi connectivity index (χ0) is 15.2. The number of hydrogen-bond acceptors (Lipinski definition) is 3. The minimum Gasteiger partial charge on any atom is -0.466 e. The lowest BCUT2D eigenvalue weighted by atomic mass is 10.00. The van der Waals surface area contributed by atoms with Crippen LogP contribution in [0, 0.1) is 5.92 Å². The second-order valence-electron chi connectivity index (χ2n) is 4.93. The van der Waals surface area contributed by atoms with Crippen LogP contribution in [0.15, 0.2) is 24.8 Å². The van der Waals surface area contributed by atoms with Crippen LogP contribution >= 0.6 is 0 Å². The number of allylic oxidation sites excluding steroid dienone is 3. The van der Waals surface area contributed by atoms with Gasteiger partial charge in [-0.1, -0.05) is 31.1 Å². The van der Waals surface area contributed by atoms with E-state index in [0.29, 0.717) is 6.61 Å². The molecule has 0 amide bonds. The minimum absolute atomic E-state index is 0.0142. The third-order valence-corrected chi connectivity index (χ3v) is 3.11. The van der Waals surface area contributed by atoms with Gasteiger partial charge in [0.15, 0.2) is 0 Å². The summed E-state index contributed by atoms with van der Waals surface area (Å²) in [5, 5.41) is 0. The highest BCUT2D eigenvalue weighted by atomic mass is 16.5. The second kappa shape index (κ2) is 12.6. The minimum atomic E-state index is -0.338. The monoisotopic (exact) mass is 280 g/mol. The maximum Gasteiger partial charge on any atom is 0.306 e. The van der Waals surface area contributed by atoms with Gasteiger partial charge in [0.25, 0.3) is 0 Å². The number of ether oxygens (including phenoxy) is 1. The Bertz CT molecular complexity index is 318. The van der Waals surface area contributed by atoms with E-state index in [2.05, 4.69) is 6.58 Å². The molecule has 0 aliphatic heterocycles. The molecule has 114 valence electrons. The summed E-state index contributed by atoms with van der Waals surface area (Å²) in [7, 11) is 0. The molecule has 0 fully saturated rings. The molecule has 0 aromatic rings. The summed E-state index contributed by atoms with van der Waals surface area (Å²) in [4.78, 5) is 22.8. The lowest BCUT2D eigenvalue weighted by Crippen LogP contribution is -2.15. The van der Waals surface area contributed by atoms with Gasteiger partial charge in [-0.05, 0) is 39.5 Å². The number of carbonyl (C=O) groups excluding carboxylic acids is 2. The molecule has 0 spiro atoms. The predicted octanol–water partition coefficient (Wildman–Crippen LogP) is 4.23. The Morgan fingerprint density at radius 2 is 1.80 bits per heavy atom. The molecule has 0 aliphatic rings. The SMILES string of the molecule is C=CCCCCCC/C=C/C(CC(=O)OCC)C(C)=O. The van der Waals surface area contributed by atoms with Gasteiger partial charge in [-0.15, -0.1) is 6.58 Å². The van der Waals surface area contributed by atoms with Crippen molar-refractivity contribution >= 4 is 11.8 Å². The highest BCUT2D eigenvalue weighted by molar-refractivity contribution is 5.85. The van der Waals surface area contributed by atoms with E-state index in [4.69, 9.17) is 4.74 Å². The molecule has 0 aromatic heterocycles. The van der Waals surface area contributed by atoms with Crippen molar-refractivity contribution in [3.05, 3.63) is 24.8 Å². The van der Waals surface area contributed by atoms with E-state index in [9.17, 15) is 9.59 Å². The van der Waals surface area contributed by atoms with E-state index in [0.717, 1.165) is 19.3 Å². The number of Topliss-reactive ketones (excluding diaryl/α,β-unsaturated/α-hetero) is 1. The van der Waals surface area contributed by atoms with Crippen molar-refractivity contribution in [3.8, 4) is 0 Å². The molecular weight excluding hydrogens is 252 g/mol.